The van der Waals surface area contributed by atoms with Crippen LogP contribution in [0.15, 0.2) is 21.6 Å². The standard InChI is InChI=1S/C12H15NO7S/c1-2-19-10(14)7-13(8-3-4-8)21(17,18)11-6-5-9(20-11)12(15)16/h5-6,8H,2-4,7H2,1H3,(H,15,16). The maximum Gasteiger partial charge on any atom is 0.371 e. The molecule has 1 aliphatic rings. The van der Waals surface area contributed by atoms with Crippen LogP contribution in [0, 0.1) is 0 Å². The average Bonchev–Trinajstić information content (AvgIpc) is 3.10. The number of nitrogens with zero attached hydrogens (tertiary/aromatic N) is 1. The highest BCUT2D eigenvalue weighted by atomic mass is 32.2. The molecule has 0 bridgehead atoms. The molecule has 0 amide bonds. The molecule has 9 heteroatoms. The molecule has 0 spiro atoms. The van der Waals surface area contributed by atoms with E-state index in [2.05, 4.69) is 0 Å². The smallest absolute Gasteiger partial charge is 0.371 e. The number of carboxylic acid groups (broad SMARTS) is 1. The molecule has 1 aromatic rings. The lowest BCUT2D eigenvalue weighted by atomic mass is 10.5. The Morgan fingerprint density at radius 3 is 2.57 bits per heavy atom. The van der Waals surface area contributed by atoms with Gasteiger partial charge in [-0.2, -0.15) is 4.31 Å². The van der Waals surface area contributed by atoms with E-state index in [9.17, 15) is 18.0 Å². The summed E-state index contributed by atoms with van der Waals surface area (Å²) in [5.41, 5.74) is 0. The Labute approximate surface area is 121 Å². The predicted molar refractivity (Wildman–Crippen MR) is 69.2 cm³/mol. The fourth-order valence-electron chi connectivity index (χ4n) is 1.80. The van der Waals surface area contributed by atoms with Gasteiger partial charge in [-0.15, -0.1) is 0 Å². The third-order valence-electron chi connectivity index (χ3n) is 2.90. The topological polar surface area (TPSA) is 114 Å². The first-order chi connectivity index (χ1) is 9.86. The molecular weight excluding hydrogens is 302 g/mol. The summed E-state index contributed by atoms with van der Waals surface area (Å²) < 4.78 is 35.4. The Balaban J connectivity index is 2.24. The highest BCUT2D eigenvalue weighted by molar-refractivity contribution is 7.89. The van der Waals surface area contributed by atoms with Crippen molar-refractivity contribution in [2.24, 2.45) is 0 Å². The Morgan fingerprint density at radius 1 is 1.43 bits per heavy atom. The van der Waals surface area contributed by atoms with Crippen molar-refractivity contribution in [1.82, 2.24) is 4.31 Å². The van der Waals surface area contributed by atoms with Crippen molar-refractivity contribution in [3.8, 4) is 0 Å². The lowest BCUT2D eigenvalue weighted by molar-refractivity contribution is -0.143. The van der Waals surface area contributed by atoms with E-state index in [-0.39, 0.29) is 12.6 Å². The summed E-state index contributed by atoms with van der Waals surface area (Å²) in [5.74, 6) is -2.49. The molecule has 0 saturated heterocycles. The van der Waals surface area contributed by atoms with Crippen LogP contribution in [0.5, 0.6) is 0 Å². The SMILES string of the molecule is CCOC(=O)CN(C1CC1)S(=O)(=O)c1ccc(C(=O)O)o1. The number of carbonyl (C=O) groups excluding carboxylic acids is 1. The van der Waals surface area contributed by atoms with Crippen LogP contribution in [0.2, 0.25) is 0 Å². The molecule has 1 saturated carbocycles. The van der Waals surface area contributed by atoms with Gasteiger partial charge in [0.2, 0.25) is 10.9 Å². The zero-order valence-corrected chi connectivity index (χ0v) is 12.1. The maximum absolute atomic E-state index is 12.4. The number of rotatable bonds is 7. The molecular formula is C12H15NO7S. The Kier molecular flexibility index (Phi) is 4.33. The molecule has 0 atom stereocenters. The Hall–Kier alpha value is -1.87. The molecule has 21 heavy (non-hydrogen) atoms. The molecule has 1 aromatic heterocycles. The van der Waals surface area contributed by atoms with Gasteiger partial charge in [-0.25, -0.2) is 13.2 Å². The van der Waals surface area contributed by atoms with E-state index < -0.39 is 39.4 Å². The van der Waals surface area contributed by atoms with E-state index in [1.54, 1.807) is 6.92 Å². The van der Waals surface area contributed by atoms with E-state index in [1.807, 2.05) is 0 Å². The minimum atomic E-state index is -4.06. The highest BCUT2D eigenvalue weighted by Crippen LogP contribution is 2.32. The summed E-state index contributed by atoms with van der Waals surface area (Å²) in [6, 6.07) is 1.85. The van der Waals surface area contributed by atoms with Gasteiger partial charge in [-0.05, 0) is 31.9 Å². The van der Waals surface area contributed by atoms with Gasteiger partial charge in [-0.3, -0.25) is 4.79 Å². The normalized spacial score (nSPS) is 15.1. The van der Waals surface area contributed by atoms with E-state index in [0.29, 0.717) is 12.8 Å². The first kappa shape index (κ1) is 15.5. The van der Waals surface area contributed by atoms with Gasteiger partial charge >= 0.3 is 11.9 Å². The van der Waals surface area contributed by atoms with E-state index in [4.69, 9.17) is 14.3 Å². The van der Waals surface area contributed by atoms with Gasteiger partial charge in [0.15, 0.2) is 0 Å². The summed E-state index contributed by atoms with van der Waals surface area (Å²) in [6.45, 7) is 1.37. The zero-order valence-electron chi connectivity index (χ0n) is 11.3. The number of aromatic carboxylic acids is 1. The van der Waals surface area contributed by atoms with Crippen molar-refractivity contribution < 1.29 is 32.3 Å². The largest absolute Gasteiger partial charge is 0.475 e. The lowest BCUT2D eigenvalue weighted by Crippen LogP contribution is -2.38. The molecule has 0 aromatic carbocycles. The number of hydrogen-bond acceptors (Lipinski definition) is 6. The van der Waals surface area contributed by atoms with E-state index in [0.717, 1.165) is 16.4 Å². The molecule has 1 N–H and O–H groups in total. The van der Waals surface area contributed by atoms with Crippen LogP contribution in [0.25, 0.3) is 0 Å². The number of sulfonamides is 1. The second-order valence-electron chi connectivity index (χ2n) is 4.51. The summed E-state index contributed by atoms with van der Waals surface area (Å²) in [7, 11) is -4.06. The minimum absolute atomic E-state index is 0.154. The van der Waals surface area contributed by atoms with E-state index in [1.165, 1.54) is 0 Å². The first-order valence-electron chi connectivity index (χ1n) is 6.37. The van der Waals surface area contributed by atoms with Crippen molar-refractivity contribution in [2.75, 3.05) is 13.2 Å². The Morgan fingerprint density at radius 2 is 2.10 bits per heavy atom. The van der Waals surface area contributed by atoms with Crippen LogP contribution < -0.4 is 0 Å². The molecule has 0 aliphatic heterocycles. The molecule has 1 aliphatic carbocycles. The second kappa shape index (κ2) is 5.86. The van der Waals surface area contributed by atoms with Crippen molar-refractivity contribution >= 4 is 22.0 Å². The van der Waals surface area contributed by atoms with Gasteiger partial charge < -0.3 is 14.3 Å². The maximum atomic E-state index is 12.4. The quantitative estimate of drug-likeness (QED) is 0.736. The van der Waals surface area contributed by atoms with Gasteiger partial charge in [0, 0.05) is 6.04 Å². The Bertz CT molecular complexity index is 644. The van der Waals surface area contributed by atoms with Crippen LogP contribution in [-0.2, 0) is 19.6 Å². The van der Waals surface area contributed by atoms with Crippen LogP contribution in [-0.4, -0.2) is 49.0 Å². The van der Waals surface area contributed by atoms with Crippen LogP contribution >= 0.6 is 0 Å². The number of furan rings is 1. The average molecular weight is 317 g/mol. The van der Waals surface area contributed by atoms with Gasteiger partial charge in [0.05, 0.1) is 6.61 Å². The number of carbonyl (C=O) groups is 2. The van der Waals surface area contributed by atoms with Crippen LogP contribution in [0.4, 0.5) is 0 Å². The molecule has 0 unspecified atom stereocenters. The number of carboxylic acids is 1. The fraction of sp³-hybridized carbons (Fsp3) is 0.500. The molecule has 0 radical (unpaired) electrons. The number of ether oxygens (including phenoxy) is 1. The summed E-state index contributed by atoms with van der Waals surface area (Å²) in [5, 5.41) is 8.27. The van der Waals surface area contributed by atoms with Crippen LogP contribution in [0.3, 0.4) is 0 Å². The van der Waals surface area contributed by atoms with Crippen LogP contribution in [0.1, 0.15) is 30.3 Å². The van der Waals surface area contributed by atoms with Crippen molar-refractivity contribution in [2.45, 2.75) is 30.9 Å². The monoisotopic (exact) mass is 317 g/mol. The molecule has 116 valence electrons. The summed E-state index contributed by atoms with van der Waals surface area (Å²) in [4.78, 5) is 22.3. The van der Waals surface area contributed by atoms with Gasteiger partial charge in [0.1, 0.15) is 6.54 Å². The summed E-state index contributed by atoms with van der Waals surface area (Å²) >= 11 is 0. The highest BCUT2D eigenvalue weighted by Gasteiger charge is 2.41. The van der Waals surface area contributed by atoms with Gasteiger partial charge in [-0.1, -0.05) is 0 Å². The molecule has 8 nitrogen and oxygen atoms in total. The molecule has 1 fully saturated rings. The van der Waals surface area contributed by atoms with Crippen molar-refractivity contribution in [1.29, 1.82) is 0 Å². The second-order valence-corrected chi connectivity index (χ2v) is 6.33. The third-order valence-corrected chi connectivity index (χ3v) is 4.67. The number of esters is 1. The predicted octanol–water partition coefficient (Wildman–Crippen LogP) is 0.694. The van der Waals surface area contributed by atoms with E-state index >= 15 is 0 Å². The van der Waals surface area contributed by atoms with Crippen molar-refractivity contribution in [3.05, 3.63) is 17.9 Å². The molecule has 2 rings (SSSR count). The molecule has 1 heterocycles. The first-order valence-corrected chi connectivity index (χ1v) is 7.81. The fourth-order valence-corrected chi connectivity index (χ4v) is 3.34. The summed E-state index contributed by atoms with van der Waals surface area (Å²) in [6.07, 6.45) is 1.29. The third kappa shape index (κ3) is 3.42. The van der Waals surface area contributed by atoms with Crippen molar-refractivity contribution in [3.63, 3.8) is 0 Å². The lowest BCUT2D eigenvalue weighted by Gasteiger charge is -2.19. The zero-order chi connectivity index (χ0) is 15.6. The van der Waals surface area contributed by atoms with Gasteiger partial charge in [0.25, 0.3) is 10.0 Å². The minimum Gasteiger partial charge on any atom is -0.475 e. The number of hydrogen-bond donors (Lipinski definition) is 1.